The maximum absolute atomic E-state index is 6.08. The van der Waals surface area contributed by atoms with E-state index >= 15 is 0 Å². The van der Waals surface area contributed by atoms with Crippen LogP contribution in [0.5, 0.6) is 0 Å². The summed E-state index contributed by atoms with van der Waals surface area (Å²) in [4.78, 5) is 8.30. The van der Waals surface area contributed by atoms with E-state index in [0.717, 1.165) is 22.8 Å². The topological polar surface area (TPSA) is 37.8 Å². The van der Waals surface area contributed by atoms with Gasteiger partial charge < -0.3 is 5.32 Å². The number of benzene rings is 1. The number of halogens is 2. The van der Waals surface area contributed by atoms with E-state index in [-0.39, 0.29) is 0 Å². The Balaban J connectivity index is 2.35. The number of rotatable bonds is 2. The van der Waals surface area contributed by atoms with Gasteiger partial charge in [0.05, 0.1) is 10.7 Å². The van der Waals surface area contributed by atoms with E-state index in [2.05, 4.69) is 15.3 Å². The molecule has 0 atom stereocenters. The molecular weight excluding hydrogens is 257 g/mol. The first kappa shape index (κ1) is 12.1. The summed E-state index contributed by atoms with van der Waals surface area (Å²) < 4.78 is 0. The molecule has 0 saturated carbocycles. The van der Waals surface area contributed by atoms with Crippen molar-refractivity contribution < 1.29 is 0 Å². The molecule has 2 aromatic rings. The van der Waals surface area contributed by atoms with Gasteiger partial charge in [-0.15, -0.1) is 0 Å². The fourth-order valence-electron chi connectivity index (χ4n) is 1.38. The number of aromatic nitrogens is 2. The smallest absolute Gasteiger partial charge is 0.136 e. The quantitative estimate of drug-likeness (QED) is 0.889. The minimum atomic E-state index is 0.563. The van der Waals surface area contributed by atoms with Gasteiger partial charge in [-0.3, -0.25) is 0 Å². The third-order valence-corrected chi connectivity index (χ3v) is 3.07. The van der Waals surface area contributed by atoms with E-state index < -0.39 is 0 Å². The third kappa shape index (κ3) is 2.68. The monoisotopic (exact) mass is 267 g/mol. The van der Waals surface area contributed by atoms with Gasteiger partial charge in [-0.05, 0) is 32.0 Å². The van der Waals surface area contributed by atoms with Crippen molar-refractivity contribution in [2.75, 3.05) is 5.32 Å². The second-order valence-corrected chi connectivity index (χ2v) is 4.53. The van der Waals surface area contributed by atoms with Gasteiger partial charge in [0.25, 0.3) is 0 Å². The van der Waals surface area contributed by atoms with Gasteiger partial charge in [0, 0.05) is 16.3 Å². The van der Waals surface area contributed by atoms with Crippen molar-refractivity contribution in [1.29, 1.82) is 0 Å². The first-order valence-corrected chi connectivity index (χ1v) is 5.84. The summed E-state index contributed by atoms with van der Waals surface area (Å²) in [6, 6.07) is 5.29. The molecule has 1 aromatic heterocycles. The average Bonchev–Trinajstić information content (AvgIpc) is 2.28. The van der Waals surface area contributed by atoms with Crippen molar-refractivity contribution in [1.82, 2.24) is 9.97 Å². The lowest BCUT2D eigenvalue weighted by Gasteiger charge is -2.10. The first-order valence-electron chi connectivity index (χ1n) is 5.08. The minimum absolute atomic E-state index is 0.563. The fraction of sp³-hybridized carbons (Fsp3) is 0.167. The lowest BCUT2D eigenvalue weighted by atomic mass is 10.2. The molecule has 5 heteroatoms. The van der Waals surface area contributed by atoms with E-state index in [1.807, 2.05) is 19.9 Å². The first-order chi connectivity index (χ1) is 8.08. The van der Waals surface area contributed by atoms with Crippen LogP contribution in [0.1, 0.15) is 11.3 Å². The molecular formula is C12H11Cl2N3. The van der Waals surface area contributed by atoms with Crippen LogP contribution in [0.2, 0.25) is 10.0 Å². The maximum atomic E-state index is 6.08. The van der Waals surface area contributed by atoms with Crippen LogP contribution in [0.3, 0.4) is 0 Å². The predicted octanol–water partition coefficient (Wildman–Crippen LogP) is 4.14. The number of nitrogens with zero attached hydrogens (tertiary/aromatic N) is 2. The van der Waals surface area contributed by atoms with Gasteiger partial charge in [-0.25, -0.2) is 9.97 Å². The van der Waals surface area contributed by atoms with Gasteiger partial charge in [0.2, 0.25) is 0 Å². The largest absolute Gasteiger partial charge is 0.339 e. The lowest BCUT2D eigenvalue weighted by molar-refractivity contribution is 1.06. The van der Waals surface area contributed by atoms with Gasteiger partial charge >= 0.3 is 0 Å². The average molecular weight is 268 g/mol. The Bertz CT molecular complexity index is 555. The van der Waals surface area contributed by atoms with Crippen molar-refractivity contribution in [3.05, 3.63) is 45.8 Å². The van der Waals surface area contributed by atoms with Crippen LogP contribution in [0.4, 0.5) is 11.5 Å². The molecule has 0 aliphatic carbocycles. The summed E-state index contributed by atoms with van der Waals surface area (Å²) in [5, 5.41) is 4.34. The molecule has 0 radical (unpaired) electrons. The molecule has 0 amide bonds. The van der Waals surface area contributed by atoms with Gasteiger partial charge in [-0.2, -0.15) is 0 Å². The molecule has 0 saturated heterocycles. The highest BCUT2D eigenvalue weighted by Crippen LogP contribution is 2.28. The van der Waals surface area contributed by atoms with E-state index in [0.29, 0.717) is 10.0 Å². The van der Waals surface area contributed by atoms with Crippen LogP contribution in [-0.2, 0) is 0 Å². The third-order valence-electron chi connectivity index (χ3n) is 2.52. The molecule has 1 aromatic carbocycles. The molecule has 0 aliphatic heterocycles. The van der Waals surface area contributed by atoms with Gasteiger partial charge in [0.1, 0.15) is 12.1 Å². The summed E-state index contributed by atoms with van der Waals surface area (Å²) in [7, 11) is 0. The Morgan fingerprint density at radius 3 is 2.59 bits per heavy atom. The van der Waals surface area contributed by atoms with E-state index in [1.165, 1.54) is 6.33 Å². The zero-order valence-electron chi connectivity index (χ0n) is 9.46. The van der Waals surface area contributed by atoms with Crippen molar-refractivity contribution in [2.24, 2.45) is 0 Å². The molecule has 0 aliphatic rings. The molecule has 17 heavy (non-hydrogen) atoms. The SMILES string of the molecule is Cc1ncnc(Nc2ccc(Cl)cc2Cl)c1C. The van der Waals surface area contributed by atoms with Gasteiger partial charge in [0.15, 0.2) is 0 Å². The number of anilines is 2. The van der Waals surface area contributed by atoms with Crippen molar-refractivity contribution in [3.8, 4) is 0 Å². The molecule has 1 heterocycles. The van der Waals surface area contributed by atoms with Gasteiger partial charge in [-0.1, -0.05) is 23.2 Å². The zero-order chi connectivity index (χ0) is 12.4. The van der Waals surface area contributed by atoms with Crippen molar-refractivity contribution in [2.45, 2.75) is 13.8 Å². The second-order valence-electron chi connectivity index (χ2n) is 3.68. The van der Waals surface area contributed by atoms with Crippen LogP contribution in [0, 0.1) is 13.8 Å². The second kappa shape index (κ2) is 4.90. The summed E-state index contributed by atoms with van der Waals surface area (Å²) >= 11 is 11.9. The van der Waals surface area contributed by atoms with Crippen molar-refractivity contribution in [3.63, 3.8) is 0 Å². The molecule has 0 unspecified atom stereocenters. The highest BCUT2D eigenvalue weighted by Gasteiger charge is 2.06. The highest BCUT2D eigenvalue weighted by molar-refractivity contribution is 6.36. The molecule has 0 bridgehead atoms. The Hall–Kier alpha value is -1.32. The maximum Gasteiger partial charge on any atom is 0.136 e. The lowest BCUT2D eigenvalue weighted by Crippen LogP contribution is -2.00. The predicted molar refractivity (Wildman–Crippen MR) is 71.3 cm³/mol. The molecule has 3 nitrogen and oxygen atoms in total. The van der Waals surface area contributed by atoms with Crippen LogP contribution in [-0.4, -0.2) is 9.97 Å². The fourth-order valence-corrected chi connectivity index (χ4v) is 1.84. The molecule has 1 N–H and O–H groups in total. The number of hydrogen-bond donors (Lipinski definition) is 1. The van der Waals surface area contributed by atoms with Crippen LogP contribution >= 0.6 is 23.2 Å². The van der Waals surface area contributed by atoms with Crippen LogP contribution < -0.4 is 5.32 Å². The summed E-state index contributed by atoms with van der Waals surface area (Å²) in [5.74, 6) is 0.752. The Morgan fingerprint density at radius 2 is 1.88 bits per heavy atom. The summed E-state index contributed by atoms with van der Waals surface area (Å²) in [6.07, 6.45) is 1.52. The number of hydrogen-bond acceptors (Lipinski definition) is 3. The normalized spacial score (nSPS) is 10.4. The molecule has 2 rings (SSSR count). The number of aryl methyl sites for hydroxylation is 1. The number of nitrogens with one attached hydrogen (secondary N) is 1. The Labute approximate surface area is 110 Å². The van der Waals surface area contributed by atoms with Crippen molar-refractivity contribution >= 4 is 34.7 Å². The van der Waals surface area contributed by atoms with Crippen LogP contribution in [0.25, 0.3) is 0 Å². The van der Waals surface area contributed by atoms with Crippen LogP contribution in [0.15, 0.2) is 24.5 Å². The minimum Gasteiger partial charge on any atom is -0.339 e. The molecule has 88 valence electrons. The van der Waals surface area contributed by atoms with E-state index in [4.69, 9.17) is 23.2 Å². The molecule has 0 fully saturated rings. The van der Waals surface area contributed by atoms with E-state index in [1.54, 1.807) is 12.1 Å². The van der Waals surface area contributed by atoms with E-state index in [9.17, 15) is 0 Å². The highest BCUT2D eigenvalue weighted by atomic mass is 35.5. The standard InChI is InChI=1S/C12H11Cl2N3/c1-7-8(2)15-6-16-12(7)17-11-4-3-9(13)5-10(11)14/h3-6H,1-2H3,(H,15,16,17). The summed E-state index contributed by atoms with van der Waals surface area (Å²) in [5.41, 5.74) is 2.71. The zero-order valence-corrected chi connectivity index (χ0v) is 11.0. The molecule has 0 spiro atoms. The Morgan fingerprint density at radius 1 is 1.12 bits per heavy atom. The Kier molecular flexibility index (Phi) is 3.50. The summed E-state index contributed by atoms with van der Waals surface area (Å²) in [6.45, 7) is 3.90.